The minimum absolute atomic E-state index is 0.0536. The highest BCUT2D eigenvalue weighted by molar-refractivity contribution is 6.01. The molecule has 3 rings (SSSR count). The van der Waals surface area contributed by atoms with Crippen molar-refractivity contribution >= 4 is 28.2 Å². The Morgan fingerprint density at radius 2 is 1.96 bits per heavy atom. The molecule has 25 heavy (non-hydrogen) atoms. The molecule has 1 aromatic heterocycles. The van der Waals surface area contributed by atoms with Gasteiger partial charge >= 0.3 is 5.69 Å². The topological polar surface area (TPSA) is 94.4 Å². The van der Waals surface area contributed by atoms with Crippen LogP contribution in [0.25, 0.3) is 10.9 Å². The summed E-state index contributed by atoms with van der Waals surface area (Å²) in [5, 5.41) is 14.5. The highest BCUT2D eigenvalue weighted by atomic mass is 16.6. The van der Waals surface area contributed by atoms with Gasteiger partial charge in [0, 0.05) is 17.1 Å². The third kappa shape index (κ3) is 3.72. The van der Waals surface area contributed by atoms with Gasteiger partial charge in [-0.1, -0.05) is 18.2 Å². The number of aromatic nitrogens is 1. The molecular weight excluding hydrogens is 322 g/mol. The standard InChI is InChI=1S/C18H15N3O4/c1-12-9-10-13-14(19-12)5-4-6-15(13)20-18(22)11-25-17-8-3-2-7-16(17)21(23)24/h2-10H,11H2,1H3,(H,20,22). The highest BCUT2D eigenvalue weighted by Crippen LogP contribution is 2.26. The molecule has 0 aliphatic carbocycles. The number of nitrogens with one attached hydrogen (secondary N) is 1. The predicted molar refractivity (Wildman–Crippen MR) is 93.7 cm³/mol. The number of fused-ring (bicyclic) bond motifs is 1. The van der Waals surface area contributed by atoms with Crippen molar-refractivity contribution in [2.24, 2.45) is 0 Å². The molecule has 0 fully saturated rings. The molecule has 0 radical (unpaired) electrons. The van der Waals surface area contributed by atoms with Crippen molar-refractivity contribution in [1.82, 2.24) is 4.98 Å². The molecule has 1 heterocycles. The first-order chi connectivity index (χ1) is 12.0. The van der Waals surface area contributed by atoms with Gasteiger partial charge in [-0.15, -0.1) is 0 Å². The summed E-state index contributed by atoms with van der Waals surface area (Å²) >= 11 is 0. The van der Waals surface area contributed by atoms with Gasteiger partial charge in [0.1, 0.15) is 0 Å². The van der Waals surface area contributed by atoms with Crippen LogP contribution < -0.4 is 10.1 Å². The first kappa shape index (κ1) is 16.4. The van der Waals surface area contributed by atoms with Gasteiger partial charge in [-0.2, -0.15) is 0 Å². The van der Waals surface area contributed by atoms with Gasteiger partial charge in [0.25, 0.3) is 5.91 Å². The molecular formula is C18H15N3O4. The number of para-hydroxylation sites is 2. The average Bonchev–Trinajstić information content (AvgIpc) is 2.60. The first-order valence-corrected chi connectivity index (χ1v) is 7.57. The number of nitro benzene ring substituents is 1. The number of aryl methyl sites for hydroxylation is 1. The largest absolute Gasteiger partial charge is 0.477 e. The molecule has 2 aromatic carbocycles. The third-order valence-electron chi connectivity index (χ3n) is 3.57. The Morgan fingerprint density at radius 3 is 2.76 bits per heavy atom. The number of rotatable bonds is 5. The maximum atomic E-state index is 12.2. The van der Waals surface area contributed by atoms with Gasteiger partial charge in [-0.25, -0.2) is 0 Å². The zero-order valence-electron chi connectivity index (χ0n) is 13.4. The zero-order chi connectivity index (χ0) is 17.8. The van der Waals surface area contributed by atoms with Gasteiger partial charge < -0.3 is 10.1 Å². The number of carbonyl (C=O) groups is 1. The van der Waals surface area contributed by atoms with Gasteiger partial charge in [0.05, 0.1) is 16.1 Å². The number of carbonyl (C=O) groups excluding carboxylic acids is 1. The summed E-state index contributed by atoms with van der Waals surface area (Å²) < 4.78 is 5.29. The molecule has 0 spiro atoms. The van der Waals surface area contributed by atoms with Crippen molar-refractivity contribution in [3.8, 4) is 5.75 Å². The molecule has 0 aliphatic heterocycles. The number of nitro groups is 1. The van der Waals surface area contributed by atoms with Crippen LogP contribution in [-0.2, 0) is 4.79 Å². The van der Waals surface area contributed by atoms with E-state index < -0.39 is 10.8 Å². The minimum atomic E-state index is -0.550. The van der Waals surface area contributed by atoms with E-state index in [-0.39, 0.29) is 18.0 Å². The lowest BCUT2D eigenvalue weighted by atomic mass is 10.1. The SMILES string of the molecule is Cc1ccc2c(NC(=O)COc3ccccc3[N+](=O)[O-])cccc2n1. The van der Waals surface area contributed by atoms with Gasteiger partial charge in [-0.05, 0) is 37.3 Å². The summed E-state index contributed by atoms with van der Waals surface area (Å²) in [5.74, 6) is -0.357. The fourth-order valence-electron chi connectivity index (χ4n) is 2.43. The van der Waals surface area contributed by atoms with Crippen LogP contribution in [0.5, 0.6) is 5.75 Å². The second-order valence-corrected chi connectivity index (χ2v) is 5.39. The fourth-order valence-corrected chi connectivity index (χ4v) is 2.43. The summed E-state index contributed by atoms with van der Waals surface area (Å²) in [4.78, 5) is 27.0. The molecule has 0 bridgehead atoms. The van der Waals surface area contributed by atoms with Crippen LogP contribution in [0.3, 0.4) is 0 Å². The van der Waals surface area contributed by atoms with Crippen LogP contribution in [0.1, 0.15) is 5.69 Å². The Bertz CT molecular complexity index is 956. The quantitative estimate of drug-likeness (QED) is 0.568. The van der Waals surface area contributed by atoms with Crippen molar-refractivity contribution in [2.75, 3.05) is 11.9 Å². The normalized spacial score (nSPS) is 10.4. The summed E-state index contributed by atoms with van der Waals surface area (Å²) in [6, 6.07) is 15.1. The maximum Gasteiger partial charge on any atom is 0.310 e. The Hall–Kier alpha value is -3.48. The van der Waals surface area contributed by atoms with Gasteiger partial charge in [-0.3, -0.25) is 19.9 Å². The summed E-state index contributed by atoms with van der Waals surface area (Å²) in [5.41, 5.74) is 2.09. The molecule has 0 aliphatic rings. The van der Waals surface area contributed by atoms with Crippen LogP contribution in [0.15, 0.2) is 54.6 Å². The Labute approximate surface area is 143 Å². The lowest BCUT2D eigenvalue weighted by molar-refractivity contribution is -0.385. The smallest absolute Gasteiger partial charge is 0.310 e. The second-order valence-electron chi connectivity index (χ2n) is 5.39. The Morgan fingerprint density at radius 1 is 1.16 bits per heavy atom. The van der Waals surface area contributed by atoms with E-state index in [2.05, 4.69) is 10.3 Å². The Kier molecular flexibility index (Phi) is 4.56. The Balaban J connectivity index is 1.73. The van der Waals surface area contributed by atoms with E-state index in [1.807, 2.05) is 25.1 Å². The van der Waals surface area contributed by atoms with E-state index in [0.717, 1.165) is 16.6 Å². The van der Waals surface area contributed by atoms with Crippen molar-refractivity contribution in [2.45, 2.75) is 6.92 Å². The second kappa shape index (κ2) is 6.96. The molecule has 0 atom stereocenters. The number of anilines is 1. The summed E-state index contributed by atoms with van der Waals surface area (Å²) in [6.45, 7) is 1.56. The molecule has 0 saturated heterocycles. The summed E-state index contributed by atoms with van der Waals surface area (Å²) in [7, 11) is 0. The van der Waals surface area contributed by atoms with E-state index >= 15 is 0 Å². The molecule has 1 amide bonds. The predicted octanol–water partition coefficient (Wildman–Crippen LogP) is 3.47. The number of amides is 1. The van der Waals surface area contributed by atoms with E-state index in [1.165, 1.54) is 18.2 Å². The molecule has 126 valence electrons. The summed E-state index contributed by atoms with van der Waals surface area (Å²) in [6.07, 6.45) is 0. The molecule has 3 aromatic rings. The fraction of sp³-hybridized carbons (Fsp3) is 0.111. The number of ether oxygens (including phenoxy) is 1. The lowest BCUT2D eigenvalue weighted by Gasteiger charge is -2.10. The number of nitrogens with zero attached hydrogens (tertiary/aromatic N) is 2. The molecule has 1 N–H and O–H groups in total. The van der Waals surface area contributed by atoms with Crippen molar-refractivity contribution < 1.29 is 14.5 Å². The van der Waals surface area contributed by atoms with Gasteiger partial charge in [0.2, 0.25) is 0 Å². The van der Waals surface area contributed by atoms with E-state index in [9.17, 15) is 14.9 Å². The zero-order valence-corrected chi connectivity index (χ0v) is 13.4. The number of pyridine rings is 1. The van der Waals surface area contributed by atoms with Crippen LogP contribution in [0.4, 0.5) is 11.4 Å². The maximum absolute atomic E-state index is 12.2. The van der Waals surface area contributed by atoms with Crippen LogP contribution in [-0.4, -0.2) is 22.4 Å². The van der Waals surface area contributed by atoms with E-state index in [0.29, 0.717) is 5.69 Å². The monoisotopic (exact) mass is 337 g/mol. The van der Waals surface area contributed by atoms with Crippen LogP contribution >= 0.6 is 0 Å². The number of hydrogen-bond donors (Lipinski definition) is 1. The van der Waals surface area contributed by atoms with Crippen LogP contribution in [0.2, 0.25) is 0 Å². The van der Waals surface area contributed by atoms with Crippen molar-refractivity contribution in [3.63, 3.8) is 0 Å². The van der Waals surface area contributed by atoms with E-state index in [4.69, 9.17) is 4.74 Å². The minimum Gasteiger partial charge on any atom is -0.477 e. The van der Waals surface area contributed by atoms with E-state index in [1.54, 1.807) is 18.2 Å². The van der Waals surface area contributed by atoms with Crippen molar-refractivity contribution in [1.29, 1.82) is 0 Å². The number of hydrogen-bond acceptors (Lipinski definition) is 5. The van der Waals surface area contributed by atoms with Crippen molar-refractivity contribution in [3.05, 3.63) is 70.4 Å². The molecule has 0 unspecified atom stereocenters. The lowest BCUT2D eigenvalue weighted by Crippen LogP contribution is -2.20. The molecule has 7 nitrogen and oxygen atoms in total. The first-order valence-electron chi connectivity index (χ1n) is 7.57. The third-order valence-corrected chi connectivity index (χ3v) is 3.57. The number of benzene rings is 2. The average molecular weight is 337 g/mol. The molecule has 7 heteroatoms. The molecule has 0 saturated carbocycles. The highest BCUT2D eigenvalue weighted by Gasteiger charge is 2.15. The van der Waals surface area contributed by atoms with Gasteiger partial charge in [0.15, 0.2) is 12.4 Å². The van der Waals surface area contributed by atoms with Crippen LogP contribution in [0, 0.1) is 17.0 Å².